The van der Waals surface area contributed by atoms with E-state index < -0.39 is 0 Å². The second-order valence-corrected chi connectivity index (χ2v) is 5.34. The second kappa shape index (κ2) is 6.72. The zero-order chi connectivity index (χ0) is 13.0. The lowest BCUT2D eigenvalue weighted by Crippen LogP contribution is -2.25. The molecule has 0 aliphatic carbocycles. The summed E-state index contributed by atoms with van der Waals surface area (Å²) in [6.45, 7) is 4.24. The number of halogens is 3. The molecule has 1 atom stereocenters. The fourth-order valence-corrected chi connectivity index (χ4v) is 2.66. The van der Waals surface area contributed by atoms with Gasteiger partial charge in [-0.2, -0.15) is 0 Å². The molecule has 0 radical (unpaired) electrons. The predicted octanol–water partition coefficient (Wildman–Crippen LogP) is 4.94. The van der Waals surface area contributed by atoms with Crippen LogP contribution in [0.3, 0.4) is 0 Å². The van der Waals surface area contributed by atoms with E-state index in [1.807, 2.05) is 7.05 Å². The van der Waals surface area contributed by atoms with Crippen LogP contribution >= 0.6 is 27.5 Å². The third-order valence-corrected chi connectivity index (χ3v) is 4.49. The van der Waals surface area contributed by atoms with Crippen LogP contribution in [0.1, 0.15) is 38.3 Å². The Morgan fingerprint density at radius 2 is 1.94 bits per heavy atom. The highest BCUT2D eigenvalue weighted by atomic mass is 79.9. The quantitative estimate of drug-likeness (QED) is 0.757. The summed E-state index contributed by atoms with van der Waals surface area (Å²) in [5.74, 6) is 0.0824. The van der Waals surface area contributed by atoms with Crippen molar-refractivity contribution in [2.75, 3.05) is 7.05 Å². The van der Waals surface area contributed by atoms with E-state index >= 15 is 0 Å². The van der Waals surface area contributed by atoms with Crippen LogP contribution in [-0.2, 0) is 0 Å². The zero-order valence-corrected chi connectivity index (χ0v) is 12.7. The molecule has 0 amide bonds. The van der Waals surface area contributed by atoms with E-state index in [4.69, 9.17) is 11.6 Å². The molecule has 0 bridgehead atoms. The molecule has 0 aliphatic rings. The smallest absolute Gasteiger partial charge is 0.147 e. The monoisotopic (exact) mass is 321 g/mol. The Hall–Kier alpha value is -0.120. The normalized spacial score (nSPS) is 13.1. The van der Waals surface area contributed by atoms with Crippen molar-refractivity contribution in [3.8, 4) is 0 Å². The Labute approximate surface area is 116 Å². The maximum Gasteiger partial charge on any atom is 0.147 e. The first-order valence-corrected chi connectivity index (χ1v) is 7.04. The number of benzene rings is 1. The van der Waals surface area contributed by atoms with Crippen molar-refractivity contribution < 1.29 is 4.39 Å². The summed E-state index contributed by atoms with van der Waals surface area (Å²) in [5, 5.41) is 3.35. The van der Waals surface area contributed by atoms with Crippen LogP contribution in [0, 0.1) is 11.7 Å². The summed E-state index contributed by atoms with van der Waals surface area (Å²) >= 11 is 9.16. The van der Waals surface area contributed by atoms with Gasteiger partial charge in [0.25, 0.3) is 0 Å². The first-order chi connectivity index (χ1) is 8.06. The molecule has 4 heteroatoms. The molecule has 17 heavy (non-hydrogen) atoms. The van der Waals surface area contributed by atoms with E-state index in [1.165, 1.54) is 0 Å². The minimum absolute atomic E-state index is 0.00981. The van der Waals surface area contributed by atoms with Crippen molar-refractivity contribution in [1.29, 1.82) is 0 Å². The highest BCUT2D eigenvalue weighted by Crippen LogP contribution is 2.34. The van der Waals surface area contributed by atoms with Gasteiger partial charge >= 0.3 is 0 Å². The number of rotatable bonds is 5. The van der Waals surface area contributed by atoms with Crippen molar-refractivity contribution in [3.63, 3.8) is 0 Å². The maximum atomic E-state index is 14.1. The molecule has 0 fully saturated rings. The highest BCUT2D eigenvalue weighted by Gasteiger charge is 2.23. The lowest BCUT2D eigenvalue weighted by molar-refractivity contribution is 0.350. The van der Waals surface area contributed by atoms with Crippen molar-refractivity contribution in [1.82, 2.24) is 5.32 Å². The molecule has 0 aromatic heterocycles. The Morgan fingerprint density at radius 1 is 1.35 bits per heavy atom. The molecule has 0 aliphatic heterocycles. The highest BCUT2D eigenvalue weighted by molar-refractivity contribution is 9.10. The molecule has 1 aromatic rings. The summed E-state index contributed by atoms with van der Waals surface area (Å²) < 4.78 is 14.7. The summed E-state index contributed by atoms with van der Waals surface area (Å²) in [7, 11) is 1.86. The largest absolute Gasteiger partial charge is 0.313 e. The molecular weight excluding hydrogens is 305 g/mol. The fraction of sp³-hybridized carbons (Fsp3) is 0.538. The summed E-state index contributed by atoms with van der Waals surface area (Å²) in [4.78, 5) is 0. The van der Waals surface area contributed by atoms with E-state index in [-0.39, 0.29) is 16.9 Å². The molecule has 0 saturated carbocycles. The van der Waals surface area contributed by atoms with Crippen molar-refractivity contribution in [2.45, 2.75) is 32.7 Å². The lowest BCUT2D eigenvalue weighted by Gasteiger charge is -2.26. The molecular formula is C13H18BrClFN. The Kier molecular flexibility index (Phi) is 5.90. The van der Waals surface area contributed by atoms with Crippen LogP contribution in [0.2, 0.25) is 5.02 Å². The second-order valence-electron chi connectivity index (χ2n) is 4.11. The maximum absolute atomic E-state index is 14.1. The van der Waals surface area contributed by atoms with Gasteiger partial charge in [0.1, 0.15) is 5.82 Å². The summed E-state index contributed by atoms with van der Waals surface area (Å²) in [5.41, 5.74) is 0.648. The van der Waals surface area contributed by atoms with Crippen LogP contribution in [0.4, 0.5) is 4.39 Å². The minimum atomic E-state index is -0.327. The van der Waals surface area contributed by atoms with E-state index in [9.17, 15) is 4.39 Å². The van der Waals surface area contributed by atoms with Crippen LogP contribution in [0.25, 0.3) is 0 Å². The Morgan fingerprint density at radius 3 is 2.41 bits per heavy atom. The first-order valence-electron chi connectivity index (χ1n) is 5.87. The fourth-order valence-electron chi connectivity index (χ4n) is 2.19. The molecule has 1 aromatic carbocycles. The van der Waals surface area contributed by atoms with Gasteiger partial charge in [-0.3, -0.25) is 0 Å². The predicted molar refractivity (Wildman–Crippen MR) is 75.0 cm³/mol. The van der Waals surface area contributed by atoms with Gasteiger partial charge in [-0.05, 0) is 35.0 Å². The van der Waals surface area contributed by atoms with Crippen molar-refractivity contribution in [3.05, 3.63) is 33.0 Å². The van der Waals surface area contributed by atoms with E-state index in [2.05, 4.69) is 35.1 Å². The molecule has 96 valence electrons. The number of hydrogen-bond acceptors (Lipinski definition) is 1. The van der Waals surface area contributed by atoms with Crippen LogP contribution in [0.15, 0.2) is 16.6 Å². The summed E-state index contributed by atoms with van der Waals surface area (Å²) in [6.07, 6.45) is 2.02. The Balaban J connectivity index is 3.16. The molecule has 1 rings (SSSR count). The standard InChI is InChI=1S/C13H18BrClFN/c1-4-8(5-2)13(17-3)9-6-7-10(14)11(15)12(9)16/h6-8,13,17H,4-5H2,1-3H3. The van der Waals surface area contributed by atoms with E-state index in [0.717, 1.165) is 12.8 Å². The molecule has 1 unspecified atom stereocenters. The molecule has 1 N–H and O–H groups in total. The number of hydrogen-bond donors (Lipinski definition) is 1. The van der Waals surface area contributed by atoms with E-state index in [0.29, 0.717) is 16.0 Å². The SMILES string of the molecule is CCC(CC)C(NC)c1ccc(Br)c(Cl)c1F. The van der Waals surface area contributed by atoms with Gasteiger partial charge in [-0.25, -0.2) is 4.39 Å². The molecule has 0 spiro atoms. The van der Waals surface area contributed by atoms with Gasteiger partial charge in [0, 0.05) is 16.1 Å². The van der Waals surface area contributed by atoms with Gasteiger partial charge in [-0.15, -0.1) is 0 Å². The minimum Gasteiger partial charge on any atom is -0.313 e. The average molecular weight is 323 g/mol. The number of nitrogens with one attached hydrogen (secondary N) is 1. The van der Waals surface area contributed by atoms with Crippen molar-refractivity contribution in [2.24, 2.45) is 5.92 Å². The topological polar surface area (TPSA) is 12.0 Å². The van der Waals surface area contributed by atoms with Crippen molar-refractivity contribution >= 4 is 27.5 Å². The third kappa shape index (κ3) is 3.21. The average Bonchev–Trinajstić information content (AvgIpc) is 2.34. The van der Waals surface area contributed by atoms with Gasteiger partial charge in [0.15, 0.2) is 0 Å². The zero-order valence-electron chi connectivity index (χ0n) is 10.4. The Bertz CT molecular complexity index is 380. The van der Waals surface area contributed by atoms with Gasteiger partial charge in [0.2, 0.25) is 0 Å². The van der Waals surface area contributed by atoms with Gasteiger partial charge in [0.05, 0.1) is 5.02 Å². The first kappa shape index (κ1) is 14.9. The van der Waals surface area contributed by atoms with E-state index in [1.54, 1.807) is 12.1 Å². The van der Waals surface area contributed by atoms with Gasteiger partial charge < -0.3 is 5.32 Å². The molecule has 1 nitrogen and oxygen atoms in total. The lowest BCUT2D eigenvalue weighted by atomic mass is 9.88. The van der Waals surface area contributed by atoms with Crippen LogP contribution in [0.5, 0.6) is 0 Å². The summed E-state index contributed by atoms with van der Waals surface area (Å²) in [6, 6.07) is 3.61. The van der Waals surface area contributed by atoms with Crippen LogP contribution in [-0.4, -0.2) is 7.05 Å². The van der Waals surface area contributed by atoms with Gasteiger partial charge in [-0.1, -0.05) is 44.4 Å². The van der Waals surface area contributed by atoms with Crippen LogP contribution < -0.4 is 5.32 Å². The third-order valence-electron chi connectivity index (χ3n) is 3.23. The molecule has 0 heterocycles. The molecule has 0 saturated heterocycles.